The number of hydrogen-bond acceptors (Lipinski definition) is 2. The van der Waals surface area contributed by atoms with Crippen LogP contribution in [0.2, 0.25) is 0 Å². The number of amides is 1. The van der Waals surface area contributed by atoms with E-state index in [9.17, 15) is 9.18 Å². The quantitative estimate of drug-likeness (QED) is 0.783. The van der Waals surface area contributed by atoms with Gasteiger partial charge in [-0.05, 0) is 42.5 Å². The zero-order valence-electron chi connectivity index (χ0n) is 8.85. The van der Waals surface area contributed by atoms with Crippen LogP contribution in [-0.2, 0) is 0 Å². The Morgan fingerprint density at radius 2 is 1.82 bits per heavy atom. The third kappa shape index (κ3) is 3.07. The summed E-state index contributed by atoms with van der Waals surface area (Å²) < 4.78 is 12.9. The highest BCUT2D eigenvalue weighted by molar-refractivity contribution is 7.80. The smallest absolute Gasteiger partial charge is 0.255 e. The van der Waals surface area contributed by atoms with Crippen LogP contribution in [0.15, 0.2) is 53.4 Å². The number of hydrogen-bond donors (Lipinski definition) is 2. The molecule has 0 aromatic heterocycles. The minimum Gasteiger partial charge on any atom is -0.322 e. The van der Waals surface area contributed by atoms with Gasteiger partial charge in [0, 0.05) is 16.1 Å². The average molecular weight is 247 g/mol. The molecule has 2 nitrogen and oxygen atoms in total. The largest absolute Gasteiger partial charge is 0.322 e. The van der Waals surface area contributed by atoms with Gasteiger partial charge in [0.05, 0.1) is 0 Å². The van der Waals surface area contributed by atoms with Crippen molar-refractivity contribution in [2.45, 2.75) is 4.90 Å². The van der Waals surface area contributed by atoms with E-state index in [-0.39, 0.29) is 11.7 Å². The Morgan fingerprint density at radius 1 is 1.12 bits per heavy atom. The van der Waals surface area contributed by atoms with Crippen molar-refractivity contribution < 1.29 is 9.18 Å². The molecule has 0 saturated carbocycles. The lowest BCUT2D eigenvalue weighted by molar-refractivity contribution is 0.102. The summed E-state index contributed by atoms with van der Waals surface area (Å²) in [6, 6.07) is 12.5. The fourth-order valence-corrected chi connectivity index (χ4v) is 1.53. The van der Waals surface area contributed by atoms with Crippen molar-refractivity contribution >= 4 is 24.2 Å². The normalized spacial score (nSPS) is 10.0. The first-order valence-electron chi connectivity index (χ1n) is 5.01. The Labute approximate surface area is 104 Å². The number of nitrogens with one attached hydrogen (secondary N) is 1. The minimum atomic E-state index is -0.381. The minimum absolute atomic E-state index is 0.274. The lowest BCUT2D eigenvalue weighted by Crippen LogP contribution is -2.11. The molecule has 4 heteroatoms. The highest BCUT2D eigenvalue weighted by Crippen LogP contribution is 2.12. The molecular formula is C13H10FNOS. The van der Waals surface area contributed by atoms with E-state index >= 15 is 0 Å². The molecule has 0 spiro atoms. The van der Waals surface area contributed by atoms with Gasteiger partial charge in [-0.3, -0.25) is 4.79 Å². The van der Waals surface area contributed by atoms with E-state index in [1.54, 1.807) is 36.4 Å². The van der Waals surface area contributed by atoms with Crippen molar-refractivity contribution in [2.24, 2.45) is 0 Å². The van der Waals surface area contributed by atoms with Crippen LogP contribution < -0.4 is 5.32 Å². The van der Waals surface area contributed by atoms with Gasteiger partial charge in [0.15, 0.2) is 0 Å². The third-order valence-electron chi connectivity index (χ3n) is 2.21. The summed E-state index contributed by atoms with van der Waals surface area (Å²) in [7, 11) is 0. The van der Waals surface area contributed by atoms with E-state index in [1.165, 1.54) is 12.1 Å². The molecule has 0 aliphatic carbocycles. The Morgan fingerprint density at radius 3 is 2.47 bits per heavy atom. The molecule has 17 heavy (non-hydrogen) atoms. The van der Waals surface area contributed by atoms with Crippen LogP contribution in [0.4, 0.5) is 10.1 Å². The zero-order valence-corrected chi connectivity index (χ0v) is 9.75. The van der Waals surface area contributed by atoms with Gasteiger partial charge in [-0.25, -0.2) is 4.39 Å². The molecule has 0 radical (unpaired) electrons. The number of rotatable bonds is 2. The maximum Gasteiger partial charge on any atom is 0.255 e. The SMILES string of the molecule is O=C(Nc1cccc(F)c1)c1ccc(S)cc1. The van der Waals surface area contributed by atoms with Gasteiger partial charge in [-0.15, -0.1) is 12.6 Å². The second-order valence-corrected chi connectivity index (χ2v) is 4.03. The topological polar surface area (TPSA) is 29.1 Å². The Bertz CT molecular complexity index is 539. The van der Waals surface area contributed by atoms with Gasteiger partial charge in [0.2, 0.25) is 0 Å². The molecule has 0 bridgehead atoms. The first-order valence-corrected chi connectivity index (χ1v) is 5.46. The summed E-state index contributed by atoms with van der Waals surface area (Å²) in [6.07, 6.45) is 0. The van der Waals surface area contributed by atoms with Gasteiger partial charge in [0.25, 0.3) is 5.91 Å². The molecule has 0 saturated heterocycles. The molecule has 2 aromatic carbocycles. The molecule has 0 atom stereocenters. The van der Waals surface area contributed by atoms with E-state index in [0.29, 0.717) is 11.3 Å². The van der Waals surface area contributed by atoms with E-state index in [0.717, 1.165) is 4.90 Å². The molecule has 0 heterocycles. The summed E-state index contributed by atoms with van der Waals surface area (Å²) in [5.74, 6) is -0.655. The van der Waals surface area contributed by atoms with Crippen molar-refractivity contribution in [3.05, 3.63) is 59.9 Å². The van der Waals surface area contributed by atoms with Crippen molar-refractivity contribution in [3.63, 3.8) is 0 Å². The lowest BCUT2D eigenvalue weighted by Gasteiger charge is -2.05. The molecule has 0 aliphatic rings. The number of anilines is 1. The molecule has 2 aromatic rings. The Kier molecular flexibility index (Phi) is 3.44. The van der Waals surface area contributed by atoms with Crippen LogP contribution in [0.1, 0.15) is 10.4 Å². The first kappa shape index (κ1) is 11.7. The van der Waals surface area contributed by atoms with Crippen molar-refractivity contribution in [3.8, 4) is 0 Å². The van der Waals surface area contributed by atoms with E-state index < -0.39 is 0 Å². The Balaban J connectivity index is 2.14. The number of thiol groups is 1. The molecule has 86 valence electrons. The number of halogens is 1. The summed E-state index contributed by atoms with van der Waals surface area (Å²) in [4.78, 5) is 12.6. The van der Waals surface area contributed by atoms with E-state index in [1.807, 2.05) is 0 Å². The van der Waals surface area contributed by atoms with Crippen molar-refractivity contribution in [1.82, 2.24) is 0 Å². The highest BCUT2D eigenvalue weighted by Gasteiger charge is 2.05. The second-order valence-electron chi connectivity index (χ2n) is 3.51. The molecule has 2 rings (SSSR count). The first-order chi connectivity index (χ1) is 8.15. The molecule has 1 amide bonds. The predicted octanol–water partition coefficient (Wildman–Crippen LogP) is 3.37. The van der Waals surface area contributed by atoms with E-state index in [4.69, 9.17) is 0 Å². The zero-order chi connectivity index (χ0) is 12.3. The third-order valence-corrected chi connectivity index (χ3v) is 2.51. The second kappa shape index (κ2) is 5.01. The van der Waals surface area contributed by atoms with Gasteiger partial charge in [-0.1, -0.05) is 6.07 Å². The van der Waals surface area contributed by atoms with Crippen LogP contribution in [0.25, 0.3) is 0 Å². The fourth-order valence-electron chi connectivity index (χ4n) is 1.38. The number of benzene rings is 2. The highest BCUT2D eigenvalue weighted by atomic mass is 32.1. The lowest BCUT2D eigenvalue weighted by atomic mass is 10.2. The van der Waals surface area contributed by atoms with Gasteiger partial charge >= 0.3 is 0 Å². The predicted molar refractivity (Wildman–Crippen MR) is 68.0 cm³/mol. The summed E-state index contributed by atoms with van der Waals surface area (Å²) in [5.41, 5.74) is 0.942. The van der Waals surface area contributed by atoms with Crippen LogP contribution in [0.3, 0.4) is 0 Å². The summed E-state index contributed by atoms with van der Waals surface area (Å²) in [5, 5.41) is 2.61. The number of carbonyl (C=O) groups is 1. The maximum atomic E-state index is 12.9. The monoisotopic (exact) mass is 247 g/mol. The van der Waals surface area contributed by atoms with Gasteiger partial charge < -0.3 is 5.32 Å². The molecule has 1 N–H and O–H groups in total. The molecule has 0 fully saturated rings. The van der Waals surface area contributed by atoms with Crippen LogP contribution in [0.5, 0.6) is 0 Å². The van der Waals surface area contributed by atoms with Crippen molar-refractivity contribution in [2.75, 3.05) is 5.32 Å². The van der Waals surface area contributed by atoms with Gasteiger partial charge in [0.1, 0.15) is 5.82 Å². The molecule has 0 unspecified atom stereocenters. The van der Waals surface area contributed by atoms with Crippen LogP contribution >= 0.6 is 12.6 Å². The average Bonchev–Trinajstić information content (AvgIpc) is 2.29. The molecular weight excluding hydrogens is 237 g/mol. The Hall–Kier alpha value is -1.81. The summed E-state index contributed by atoms with van der Waals surface area (Å²) >= 11 is 4.13. The van der Waals surface area contributed by atoms with Crippen LogP contribution in [0, 0.1) is 5.82 Å². The summed E-state index contributed by atoms with van der Waals surface area (Å²) in [6.45, 7) is 0. The number of carbonyl (C=O) groups excluding carboxylic acids is 1. The standard InChI is InChI=1S/C13H10FNOS/c14-10-2-1-3-11(8-10)15-13(16)9-4-6-12(17)7-5-9/h1-8,17H,(H,15,16). The fraction of sp³-hybridized carbons (Fsp3) is 0. The van der Waals surface area contributed by atoms with Gasteiger partial charge in [-0.2, -0.15) is 0 Å². The molecule has 0 aliphatic heterocycles. The van der Waals surface area contributed by atoms with E-state index in [2.05, 4.69) is 17.9 Å². The van der Waals surface area contributed by atoms with Crippen LogP contribution in [-0.4, -0.2) is 5.91 Å². The van der Waals surface area contributed by atoms with Crippen molar-refractivity contribution in [1.29, 1.82) is 0 Å². The maximum absolute atomic E-state index is 12.9.